The normalized spacial score (nSPS) is 10.5. The fraction of sp³-hybridized carbons (Fsp3) is 0.188. The molecule has 0 spiro atoms. The van der Waals surface area contributed by atoms with Crippen LogP contribution in [0.15, 0.2) is 41.2 Å². The van der Waals surface area contributed by atoms with Crippen molar-refractivity contribution >= 4 is 17.6 Å². The lowest BCUT2D eigenvalue weighted by molar-refractivity contribution is -0.385. The van der Waals surface area contributed by atoms with Crippen LogP contribution in [0.4, 0.5) is 5.69 Å². The number of aromatic nitrogens is 4. The summed E-state index contributed by atoms with van der Waals surface area (Å²) in [5.41, 5.74) is 0.988. The van der Waals surface area contributed by atoms with Crippen LogP contribution in [-0.2, 0) is 17.8 Å². The number of hydrogen-bond donors (Lipinski definition) is 1. The molecule has 0 saturated heterocycles. The van der Waals surface area contributed by atoms with Gasteiger partial charge in [0.05, 0.1) is 17.6 Å². The second-order valence-electron chi connectivity index (χ2n) is 5.54. The van der Waals surface area contributed by atoms with Gasteiger partial charge >= 0.3 is 23.5 Å². The van der Waals surface area contributed by atoms with Gasteiger partial charge < -0.3 is 14.6 Å². The number of rotatable bonds is 7. The smallest absolute Gasteiger partial charge is 0.337 e. The molecule has 0 aliphatic heterocycles. The molecule has 0 aliphatic rings. The highest BCUT2D eigenvalue weighted by molar-refractivity contribution is 5.90. The SMILES string of the molecule is COC(=O)c1ccc(CNC(=O)c2nc(Cn3cc([N+](=O)[O-])cn3)no2)cc1. The van der Waals surface area contributed by atoms with Crippen molar-refractivity contribution < 1.29 is 23.8 Å². The van der Waals surface area contributed by atoms with E-state index in [2.05, 4.69) is 25.3 Å². The molecule has 0 fully saturated rings. The molecule has 0 radical (unpaired) electrons. The van der Waals surface area contributed by atoms with Gasteiger partial charge in [0, 0.05) is 6.54 Å². The van der Waals surface area contributed by atoms with Crippen molar-refractivity contribution in [3.63, 3.8) is 0 Å². The molecule has 0 unspecified atom stereocenters. The number of nitro groups is 1. The van der Waals surface area contributed by atoms with Crippen LogP contribution in [0, 0.1) is 10.1 Å². The monoisotopic (exact) mass is 386 g/mol. The average molecular weight is 386 g/mol. The minimum absolute atomic E-state index is 0.0135. The summed E-state index contributed by atoms with van der Waals surface area (Å²) in [6.07, 6.45) is 2.31. The van der Waals surface area contributed by atoms with E-state index in [4.69, 9.17) is 4.52 Å². The number of nitrogens with one attached hydrogen (secondary N) is 1. The van der Waals surface area contributed by atoms with Gasteiger partial charge in [0.2, 0.25) is 0 Å². The molecule has 28 heavy (non-hydrogen) atoms. The van der Waals surface area contributed by atoms with Crippen LogP contribution in [0.5, 0.6) is 0 Å². The summed E-state index contributed by atoms with van der Waals surface area (Å²) in [7, 11) is 1.29. The van der Waals surface area contributed by atoms with Gasteiger partial charge in [-0.1, -0.05) is 17.3 Å². The van der Waals surface area contributed by atoms with Crippen LogP contribution in [0.3, 0.4) is 0 Å². The fourth-order valence-electron chi connectivity index (χ4n) is 2.22. The molecule has 3 aromatic rings. The quantitative estimate of drug-likeness (QED) is 0.354. The molecular weight excluding hydrogens is 372 g/mol. The Kier molecular flexibility index (Phi) is 5.39. The number of carbonyl (C=O) groups is 2. The topological polar surface area (TPSA) is 155 Å². The highest BCUT2D eigenvalue weighted by Gasteiger charge is 2.16. The molecule has 0 aliphatic carbocycles. The Hall–Kier alpha value is -4.09. The van der Waals surface area contributed by atoms with Gasteiger partial charge in [-0.2, -0.15) is 10.1 Å². The second-order valence-corrected chi connectivity index (χ2v) is 5.54. The van der Waals surface area contributed by atoms with Crippen molar-refractivity contribution in [3.8, 4) is 0 Å². The lowest BCUT2D eigenvalue weighted by Gasteiger charge is -2.04. The molecule has 2 heterocycles. The van der Waals surface area contributed by atoms with Crippen LogP contribution in [0.2, 0.25) is 0 Å². The van der Waals surface area contributed by atoms with Crippen LogP contribution in [0.1, 0.15) is 32.4 Å². The first-order valence-electron chi connectivity index (χ1n) is 7.91. The zero-order valence-electron chi connectivity index (χ0n) is 14.6. The Morgan fingerprint density at radius 2 is 2.07 bits per heavy atom. The molecule has 3 rings (SSSR count). The highest BCUT2D eigenvalue weighted by atomic mass is 16.6. The van der Waals surface area contributed by atoms with Crippen molar-refractivity contribution in [1.29, 1.82) is 0 Å². The van der Waals surface area contributed by atoms with Crippen LogP contribution in [-0.4, -0.2) is 43.8 Å². The maximum Gasteiger partial charge on any atom is 0.337 e. The van der Waals surface area contributed by atoms with Crippen molar-refractivity contribution in [2.24, 2.45) is 0 Å². The lowest BCUT2D eigenvalue weighted by atomic mass is 10.1. The van der Waals surface area contributed by atoms with E-state index in [9.17, 15) is 19.7 Å². The lowest BCUT2D eigenvalue weighted by Crippen LogP contribution is -2.23. The van der Waals surface area contributed by atoms with E-state index in [1.165, 1.54) is 18.0 Å². The summed E-state index contributed by atoms with van der Waals surface area (Å²) in [5, 5.41) is 20.7. The summed E-state index contributed by atoms with van der Waals surface area (Å²) < 4.78 is 10.8. The number of amides is 1. The molecule has 12 heteroatoms. The van der Waals surface area contributed by atoms with Gasteiger partial charge in [0.15, 0.2) is 5.82 Å². The maximum atomic E-state index is 12.1. The Morgan fingerprint density at radius 3 is 2.71 bits per heavy atom. The predicted molar refractivity (Wildman–Crippen MR) is 91.2 cm³/mol. The van der Waals surface area contributed by atoms with E-state index in [0.29, 0.717) is 5.56 Å². The highest BCUT2D eigenvalue weighted by Crippen LogP contribution is 2.09. The number of hydrogen-bond acceptors (Lipinski definition) is 9. The average Bonchev–Trinajstić information content (AvgIpc) is 3.36. The second kappa shape index (κ2) is 8.07. The standard InChI is InChI=1S/C16H14N6O6/c1-27-16(24)11-4-2-10(3-5-11)6-17-14(23)15-19-13(20-28-15)9-21-8-12(7-18-21)22(25)26/h2-5,7-8H,6,9H2,1H3,(H,17,23). The molecule has 12 nitrogen and oxygen atoms in total. The van der Waals surface area contributed by atoms with Crippen LogP contribution in [0.25, 0.3) is 0 Å². The molecule has 0 atom stereocenters. The molecule has 1 aromatic carbocycles. The van der Waals surface area contributed by atoms with Crippen molar-refractivity contribution in [2.45, 2.75) is 13.1 Å². The fourth-order valence-corrected chi connectivity index (χ4v) is 2.22. The Morgan fingerprint density at radius 1 is 1.32 bits per heavy atom. The first-order valence-corrected chi connectivity index (χ1v) is 7.91. The third-order valence-corrected chi connectivity index (χ3v) is 3.62. The van der Waals surface area contributed by atoms with Crippen LogP contribution < -0.4 is 5.32 Å². The first-order chi connectivity index (χ1) is 13.5. The van der Waals surface area contributed by atoms with Gasteiger partial charge in [0.25, 0.3) is 0 Å². The van der Waals surface area contributed by atoms with Crippen molar-refractivity contribution in [3.05, 3.63) is 69.6 Å². The number of carbonyl (C=O) groups excluding carboxylic acids is 2. The molecule has 144 valence electrons. The van der Waals surface area contributed by atoms with Crippen LogP contribution >= 0.6 is 0 Å². The minimum Gasteiger partial charge on any atom is -0.465 e. The first kappa shape index (κ1) is 18.7. The number of ether oxygens (including phenoxy) is 1. The molecular formula is C16H14N6O6. The third kappa shape index (κ3) is 4.35. The van der Waals surface area contributed by atoms with Gasteiger partial charge in [-0.15, -0.1) is 0 Å². The van der Waals surface area contributed by atoms with Gasteiger partial charge in [-0.25, -0.2) is 4.79 Å². The predicted octanol–water partition coefficient (Wildman–Crippen LogP) is 0.939. The molecule has 0 bridgehead atoms. The molecule has 1 N–H and O–H groups in total. The molecule has 0 saturated carbocycles. The number of methoxy groups -OCH3 is 1. The van der Waals surface area contributed by atoms with E-state index in [-0.39, 0.29) is 30.5 Å². The summed E-state index contributed by atoms with van der Waals surface area (Å²) in [6.45, 7) is 0.197. The summed E-state index contributed by atoms with van der Waals surface area (Å²) in [5.74, 6) is -1.13. The van der Waals surface area contributed by atoms with Gasteiger partial charge in [-0.3, -0.25) is 19.6 Å². The van der Waals surface area contributed by atoms with E-state index in [1.807, 2.05) is 0 Å². The minimum atomic E-state index is -0.581. The summed E-state index contributed by atoms with van der Waals surface area (Å²) in [4.78, 5) is 37.5. The maximum absolute atomic E-state index is 12.1. The number of esters is 1. The van der Waals surface area contributed by atoms with E-state index in [0.717, 1.165) is 11.8 Å². The Labute approximate surface area is 157 Å². The number of nitrogens with zero attached hydrogens (tertiary/aromatic N) is 5. The third-order valence-electron chi connectivity index (χ3n) is 3.62. The van der Waals surface area contributed by atoms with Crippen molar-refractivity contribution in [1.82, 2.24) is 25.2 Å². The molecule has 2 aromatic heterocycles. The largest absolute Gasteiger partial charge is 0.465 e. The van der Waals surface area contributed by atoms with E-state index < -0.39 is 16.8 Å². The molecule has 1 amide bonds. The zero-order chi connectivity index (χ0) is 20.1. The van der Waals surface area contributed by atoms with Crippen molar-refractivity contribution in [2.75, 3.05) is 7.11 Å². The van der Waals surface area contributed by atoms with E-state index >= 15 is 0 Å². The zero-order valence-corrected chi connectivity index (χ0v) is 14.6. The Bertz CT molecular complexity index is 1010. The number of benzene rings is 1. The van der Waals surface area contributed by atoms with E-state index in [1.54, 1.807) is 24.3 Å². The van der Waals surface area contributed by atoms with Gasteiger partial charge in [-0.05, 0) is 17.7 Å². The summed E-state index contributed by atoms with van der Waals surface area (Å²) in [6, 6.07) is 6.52. The Balaban J connectivity index is 1.56. The summed E-state index contributed by atoms with van der Waals surface area (Å²) >= 11 is 0. The van der Waals surface area contributed by atoms with Gasteiger partial charge in [0.1, 0.15) is 18.9 Å².